The van der Waals surface area contributed by atoms with E-state index in [0.29, 0.717) is 41.1 Å². The van der Waals surface area contributed by atoms with Gasteiger partial charge in [-0.2, -0.15) is 0 Å². The minimum Gasteiger partial charge on any atom is -0.478 e. The number of carboxylic acids is 1. The number of benzene rings is 1. The first-order chi connectivity index (χ1) is 22.1. The Labute approximate surface area is 284 Å². The Balaban J connectivity index is 1.22. The Hall–Kier alpha value is -2.40. The Morgan fingerprint density at radius 2 is 1.51 bits per heavy atom. The van der Waals surface area contributed by atoms with Gasteiger partial charge in [0.1, 0.15) is 0 Å². The van der Waals surface area contributed by atoms with Crippen LogP contribution in [0.3, 0.4) is 0 Å². The standard InChI is InChI=1S/C42H60N2O3/c1-27(2)30-15-20-42(37(47)44-25-23-43(8)24-26-44)22-21-40(6)32(35(30)42)13-14-34-39(5)18-16-31(28-9-11-29(12-10-28)36(45)46)38(3,4)33(39)17-19-41(34,40)7/h9-12,16,30,32-35H,1,13-15,17-26H2,2-8H3,(H,45,46)/t30?,32-,33+,34-,35-,39+,40-,41-,42+/m1/s1. The van der Waals surface area contributed by atoms with Gasteiger partial charge in [-0.15, -0.1) is 0 Å². The van der Waals surface area contributed by atoms with Crippen LogP contribution in [0.15, 0.2) is 42.5 Å². The summed E-state index contributed by atoms with van der Waals surface area (Å²) in [6.45, 7) is 23.4. The van der Waals surface area contributed by atoms with Gasteiger partial charge in [-0.1, -0.05) is 65.0 Å². The molecule has 1 aromatic rings. The first-order valence-electron chi connectivity index (χ1n) is 18.8. The molecule has 5 fully saturated rings. The Bertz CT molecular complexity index is 1490. The number of carboxylic acid groups (broad SMARTS) is 1. The highest BCUT2D eigenvalue weighted by Crippen LogP contribution is 2.78. The molecule has 1 aliphatic heterocycles. The molecule has 0 aromatic heterocycles. The van der Waals surface area contributed by atoms with Gasteiger partial charge >= 0.3 is 5.97 Å². The van der Waals surface area contributed by atoms with E-state index in [1.165, 1.54) is 48.8 Å². The maximum Gasteiger partial charge on any atom is 0.335 e. The van der Waals surface area contributed by atoms with E-state index in [1.807, 2.05) is 12.1 Å². The average molecular weight is 641 g/mol. The molecule has 5 aliphatic carbocycles. The quantitative estimate of drug-likeness (QED) is 0.334. The highest BCUT2D eigenvalue weighted by atomic mass is 16.4. The molecule has 1 unspecified atom stereocenters. The van der Waals surface area contributed by atoms with Gasteiger partial charge in [0, 0.05) is 26.2 Å². The third-order valence-corrected chi connectivity index (χ3v) is 16.3. The van der Waals surface area contributed by atoms with Crippen LogP contribution >= 0.6 is 0 Å². The van der Waals surface area contributed by atoms with Crippen molar-refractivity contribution in [3.05, 3.63) is 53.6 Å². The SMILES string of the molecule is C=C(C)C1CC[C@]2(C(=O)N3CCN(C)CC3)CC[C@]3(C)[C@H](CC[C@@H]4[C@@]5(C)CC=C(c6ccc(C(=O)O)cc6)C(C)(C)[C@@H]5CC[C@]43C)[C@@H]12. The van der Waals surface area contributed by atoms with E-state index in [0.717, 1.165) is 51.9 Å². The summed E-state index contributed by atoms with van der Waals surface area (Å²) >= 11 is 0. The molecule has 5 nitrogen and oxygen atoms in total. The van der Waals surface area contributed by atoms with Crippen LogP contribution in [0.1, 0.15) is 115 Å². The highest BCUT2D eigenvalue weighted by molar-refractivity contribution is 5.88. The fourth-order valence-electron chi connectivity index (χ4n) is 13.7. The summed E-state index contributed by atoms with van der Waals surface area (Å²) in [5, 5.41) is 9.48. The van der Waals surface area contributed by atoms with E-state index in [2.05, 4.69) is 71.0 Å². The smallest absolute Gasteiger partial charge is 0.335 e. The summed E-state index contributed by atoms with van der Waals surface area (Å²) in [7, 11) is 2.18. The maximum atomic E-state index is 14.7. The predicted octanol–water partition coefficient (Wildman–Crippen LogP) is 8.81. The molecule has 1 aromatic carbocycles. The predicted molar refractivity (Wildman–Crippen MR) is 190 cm³/mol. The van der Waals surface area contributed by atoms with Crippen molar-refractivity contribution in [1.82, 2.24) is 9.80 Å². The second-order valence-corrected chi connectivity index (χ2v) is 18.4. The molecule has 1 amide bonds. The number of carbonyl (C=O) groups excluding carboxylic acids is 1. The number of likely N-dealkylation sites (N-methyl/N-ethyl adjacent to an activating group) is 1. The van der Waals surface area contributed by atoms with Gasteiger partial charge in [-0.3, -0.25) is 4.79 Å². The lowest BCUT2D eigenvalue weighted by molar-refractivity contribution is -0.226. The van der Waals surface area contributed by atoms with Crippen molar-refractivity contribution in [2.45, 2.75) is 99.3 Å². The van der Waals surface area contributed by atoms with Gasteiger partial charge in [-0.05, 0) is 146 Å². The lowest BCUT2D eigenvalue weighted by Gasteiger charge is -2.72. The van der Waals surface area contributed by atoms with Crippen LogP contribution in [0.4, 0.5) is 0 Å². The van der Waals surface area contributed by atoms with Crippen LogP contribution in [-0.2, 0) is 4.79 Å². The zero-order valence-corrected chi connectivity index (χ0v) is 30.3. The van der Waals surface area contributed by atoms with Crippen molar-refractivity contribution < 1.29 is 14.7 Å². The molecule has 1 saturated heterocycles. The van der Waals surface area contributed by atoms with Crippen LogP contribution < -0.4 is 0 Å². The molecule has 0 radical (unpaired) electrons. The van der Waals surface area contributed by atoms with Crippen molar-refractivity contribution in [2.75, 3.05) is 33.2 Å². The number of fused-ring (bicyclic) bond motifs is 7. The van der Waals surface area contributed by atoms with E-state index in [1.54, 1.807) is 12.1 Å². The number of carbonyl (C=O) groups is 2. The summed E-state index contributed by atoms with van der Waals surface area (Å²) < 4.78 is 0. The molecule has 47 heavy (non-hydrogen) atoms. The topological polar surface area (TPSA) is 60.9 Å². The first kappa shape index (κ1) is 33.1. The van der Waals surface area contributed by atoms with E-state index in [-0.39, 0.29) is 27.1 Å². The lowest BCUT2D eigenvalue weighted by atomic mass is 9.32. The minimum atomic E-state index is -0.868. The van der Waals surface area contributed by atoms with Gasteiger partial charge in [0.2, 0.25) is 5.91 Å². The van der Waals surface area contributed by atoms with Crippen molar-refractivity contribution in [2.24, 2.45) is 56.7 Å². The van der Waals surface area contributed by atoms with Crippen LogP contribution in [0.25, 0.3) is 5.57 Å². The van der Waals surface area contributed by atoms with Crippen LogP contribution in [-0.4, -0.2) is 60.0 Å². The summed E-state index contributed by atoms with van der Waals surface area (Å²) in [6.07, 6.45) is 13.0. The van der Waals surface area contributed by atoms with E-state index < -0.39 is 5.97 Å². The summed E-state index contributed by atoms with van der Waals surface area (Å²) in [5.41, 5.74) is 4.66. The molecular weight excluding hydrogens is 580 g/mol. The number of piperazine rings is 1. The zero-order chi connectivity index (χ0) is 33.7. The number of aromatic carboxylic acids is 1. The third-order valence-electron chi connectivity index (χ3n) is 16.3. The molecule has 9 atom stereocenters. The summed E-state index contributed by atoms with van der Waals surface area (Å²) in [4.78, 5) is 30.9. The van der Waals surface area contributed by atoms with Gasteiger partial charge in [-0.25, -0.2) is 4.79 Å². The molecule has 6 aliphatic rings. The summed E-state index contributed by atoms with van der Waals surface area (Å²) in [6, 6.07) is 7.58. The van der Waals surface area contributed by atoms with E-state index in [9.17, 15) is 14.7 Å². The van der Waals surface area contributed by atoms with E-state index in [4.69, 9.17) is 0 Å². The van der Waals surface area contributed by atoms with Crippen molar-refractivity contribution in [3.63, 3.8) is 0 Å². The number of allylic oxidation sites excluding steroid dienone is 3. The monoisotopic (exact) mass is 640 g/mol. The average Bonchev–Trinajstić information content (AvgIpc) is 3.42. The van der Waals surface area contributed by atoms with Crippen molar-refractivity contribution in [1.29, 1.82) is 0 Å². The fourth-order valence-corrected chi connectivity index (χ4v) is 13.7. The Kier molecular flexibility index (Phi) is 7.79. The second-order valence-electron chi connectivity index (χ2n) is 18.4. The zero-order valence-electron chi connectivity index (χ0n) is 30.3. The van der Waals surface area contributed by atoms with Crippen molar-refractivity contribution >= 4 is 17.4 Å². The minimum absolute atomic E-state index is 0.00394. The molecule has 1 N–H and O–H groups in total. The normalized spacial score (nSPS) is 42.7. The number of rotatable bonds is 4. The molecular formula is C42H60N2O3. The maximum absolute atomic E-state index is 14.7. The largest absolute Gasteiger partial charge is 0.478 e. The molecule has 4 saturated carbocycles. The lowest BCUT2D eigenvalue weighted by Crippen LogP contribution is -2.66. The Morgan fingerprint density at radius 1 is 0.830 bits per heavy atom. The number of hydrogen-bond donors (Lipinski definition) is 1. The molecule has 1 heterocycles. The van der Waals surface area contributed by atoms with Gasteiger partial charge in [0.05, 0.1) is 11.0 Å². The number of hydrogen-bond acceptors (Lipinski definition) is 3. The molecule has 0 bridgehead atoms. The fraction of sp³-hybridized carbons (Fsp3) is 0.714. The number of nitrogens with zero attached hydrogens (tertiary/aromatic N) is 2. The van der Waals surface area contributed by atoms with Crippen LogP contribution in [0.2, 0.25) is 0 Å². The molecule has 256 valence electrons. The Morgan fingerprint density at radius 3 is 2.15 bits per heavy atom. The van der Waals surface area contributed by atoms with E-state index >= 15 is 0 Å². The second kappa shape index (κ2) is 11.1. The third kappa shape index (κ3) is 4.56. The highest BCUT2D eigenvalue weighted by Gasteiger charge is 2.71. The molecule has 5 heteroatoms. The molecule has 7 rings (SSSR count). The number of amides is 1. The van der Waals surface area contributed by atoms with Crippen LogP contribution in [0.5, 0.6) is 0 Å². The van der Waals surface area contributed by atoms with Gasteiger partial charge < -0.3 is 14.9 Å². The van der Waals surface area contributed by atoms with Crippen molar-refractivity contribution in [3.8, 4) is 0 Å². The first-order valence-corrected chi connectivity index (χ1v) is 18.8. The van der Waals surface area contributed by atoms with Gasteiger partial charge in [0.25, 0.3) is 0 Å². The summed E-state index contributed by atoms with van der Waals surface area (Å²) in [5.74, 6) is 2.26. The van der Waals surface area contributed by atoms with Gasteiger partial charge in [0.15, 0.2) is 0 Å². The van der Waals surface area contributed by atoms with Crippen LogP contribution in [0, 0.1) is 56.7 Å². The molecule has 0 spiro atoms.